The van der Waals surface area contributed by atoms with Crippen LogP contribution >= 0.6 is 0 Å². The van der Waals surface area contributed by atoms with E-state index >= 15 is 0 Å². The number of nitrogens with one attached hydrogen (secondary N) is 2. The number of hydrogen-bond donors (Lipinski definition) is 2. The van der Waals surface area contributed by atoms with Gasteiger partial charge in [0.05, 0.1) is 11.9 Å². The van der Waals surface area contributed by atoms with E-state index in [-0.39, 0.29) is 11.3 Å². The van der Waals surface area contributed by atoms with Crippen LogP contribution in [0, 0.1) is 18.6 Å². The average molecular weight is 320 g/mol. The van der Waals surface area contributed by atoms with Crippen molar-refractivity contribution in [2.75, 3.05) is 7.05 Å². The molecule has 0 radical (unpaired) electrons. The van der Waals surface area contributed by atoms with E-state index in [1.807, 2.05) is 0 Å². The fraction of sp³-hybridized carbons (Fsp3) is 0.200. The molecule has 1 aromatic heterocycles. The quantitative estimate of drug-likeness (QED) is 0.889. The molecule has 0 aliphatic heterocycles. The van der Waals surface area contributed by atoms with E-state index in [0.717, 1.165) is 12.1 Å². The Morgan fingerprint density at radius 2 is 1.87 bits per heavy atom. The molecule has 0 bridgehead atoms. The highest BCUT2D eigenvalue weighted by Crippen LogP contribution is 2.17. The van der Waals surface area contributed by atoms with Crippen molar-refractivity contribution in [3.05, 3.63) is 59.2 Å². The Kier molecular flexibility index (Phi) is 4.95. The molecule has 0 aliphatic rings. The predicted octanol–water partition coefficient (Wildman–Crippen LogP) is 1.28. The van der Waals surface area contributed by atoms with Crippen molar-refractivity contribution in [3.8, 4) is 0 Å². The van der Waals surface area contributed by atoms with Crippen LogP contribution in [0.1, 0.15) is 27.8 Å². The van der Waals surface area contributed by atoms with E-state index in [1.54, 1.807) is 6.92 Å². The number of hydrogen-bond acceptors (Lipinski definition) is 4. The summed E-state index contributed by atoms with van der Waals surface area (Å²) >= 11 is 0. The summed E-state index contributed by atoms with van der Waals surface area (Å²) in [6.45, 7) is 1.71. The second-order valence-corrected chi connectivity index (χ2v) is 4.74. The summed E-state index contributed by atoms with van der Waals surface area (Å²) in [4.78, 5) is 31.9. The van der Waals surface area contributed by atoms with Crippen LogP contribution < -0.4 is 10.6 Å². The molecule has 2 rings (SSSR count). The minimum absolute atomic E-state index is 0.00656. The molecule has 2 N–H and O–H groups in total. The summed E-state index contributed by atoms with van der Waals surface area (Å²) in [5.74, 6) is -3.39. The fourth-order valence-electron chi connectivity index (χ4n) is 1.85. The summed E-state index contributed by atoms with van der Waals surface area (Å²) in [6.07, 6.45) is 2.66. The highest BCUT2D eigenvalue weighted by Gasteiger charge is 2.24. The summed E-state index contributed by atoms with van der Waals surface area (Å²) in [7, 11) is 1.37. The van der Waals surface area contributed by atoms with Crippen LogP contribution in [-0.2, 0) is 4.79 Å². The smallest absolute Gasteiger partial charge is 0.272 e. The third-order valence-electron chi connectivity index (χ3n) is 3.07. The van der Waals surface area contributed by atoms with Crippen LogP contribution in [-0.4, -0.2) is 28.8 Å². The van der Waals surface area contributed by atoms with Gasteiger partial charge in [-0.05, 0) is 24.6 Å². The minimum atomic E-state index is -1.19. The molecule has 0 fully saturated rings. The average Bonchev–Trinajstić information content (AvgIpc) is 2.55. The van der Waals surface area contributed by atoms with Gasteiger partial charge in [-0.1, -0.05) is 6.07 Å². The molecule has 23 heavy (non-hydrogen) atoms. The zero-order valence-corrected chi connectivity index (χ0v) is 12.4. The van der Waals surface area contributed by atoms with Crippen LogP contribution in [0.2, 0.25) is 0 Å². The first-order chi connectivity index (χ1) is 10.9. The van der Waals surface area contributed by atoms with Crippen LogP contribution in [0.15, 0.2) is 30.6 Å². The van der Waals surface area contributed by atoms with Crippen molar-refractivity contribution in [1.29, 1.82) is 0 Å². The van der Waals surface area contributed by atoms with Gasteiger partial charge < -0.3 is 10.6 Å². The van der Waals surface area contributed by atoms with E-state index in [0.29, 0.717) is 5.69 Å². The Balaban J connectivity index is 2.28. The number of carbonyl (C=O) groups excluding carboxylic acids is 2. The SMILES string of the molecule is CNC(=O)C(NC(=O)c1cnc(C)cn1)c1ccc(F)c(F)c1. The summed E-state index contributed by atoms with van der Waals surface area (Å²) in [6, 6.07) is 1.78. The second kappa shape index (κ2) is 6.91. The van der Waals surface area contributed by atoms with Gasteiger partial charge in [0.2, 0.25) is 5.91 Å². The van der Waals surface area contributed by atoms with Crippen LogP contribution in [0.25, 0.3) is 0 Å². The first-order valence-corrected chi connectivity index (χ1v) is 6.68. The number of amides is 2. The number of halogens is 2. The van der Waals surface area contributed by atoms with Crippen LogP contribution in [0.3, 0.4) is 0 Å². The van der Waals surface area contributed by atoms with Gasteiger partial charge in [0.1, 0.15) is 11.7 Å². The Morgan fingerprint density at radius 1 is 1.13 bits per heavy atom. The van der Waals surface area contributed by atoms with Crippen molar-refractivity contribution in [1.82, 2.24) is 20.6 Å². The van der Waals surface area contributed by atoms with Gasteiger partial charge in [-0.3, -0.25) is 14.6 Å². The third-order valence-corrected chi connectivity index (χ3v) is 3.07. The molecule has 1 atom stereocenters. The van der Waals surface area contributed by atoms with Gasteiger partial charge in [-0.25, -0.2) is 13.8 Å². The minimum Gasteiger partial charge on any atom is -0.357 e. The number of nitrogens with zero attached hydrogens (tertiary/aromatic N) is 2. The van der Waals surface area contributed by atoms with Gasteiger partial charge in [0.25, 0.3) is 5.91 Å². The lowest BCUT2D eigenvalue weighted by atomic mass is 10.1. The van der Waals surface area contributed by atoms with Crippen molar-refractivity contribution < 1.29 is 18.4 Å². The molecule has 6 nitrogen and oxygen atoms in total. The van der Waals surface area contributed by atoms with Gasteiger partial charge in [0, 0.05) is 13.2 Å². The van der Waals surface area contributed by atoms with E-state index < -0.39 is 29.5 Å². The van der Waals surface area contributed by atoms with E-state index in [4.69, 9.17) is 0 Å². The molecule has 0 spiro atoms. The Bertz CT molecular complexity index is 735. The first kappa shape index (κ1) is 16.5. The van der Waals surface area contributed by atoms with E-state index in [2.05, 4.69) is 20.6 Å². The monoisotopic (exact) mass is 320 g/mol. The maximum atomic E-state index is 13.4. The normalized spacial score (nSPS) is 11.7. The number of aromatic nitrogens is 2. The summed E-state index contributed by atoms with van der Waals surface area (Å²) in [5.41, 5.74) is 0.744. The molecule has 2 amide bonds. The lowest BCUT2D eigenvalue weighted by molar-refractivity contribution is -0.122. The molecule has 8 heteroatoms. The molecule has 2 aromatic rings. The zero-order chi connectivity index (χ0) is 17.0. The van der Waals surface area contributed by atoms with Gasteiger partial charge >= 0.3 is 0 Å². The summed E-state index contributed by atoms with van der Waals surface area (Å²) in [5, 5.41) is 4.78. The van der Waals surface area contributed by atoms with Crippen LogP contribution in [0.5, 0.6) is 0 Å². The maximum Gasteiger partial charge on any atom is 0.272 e. The Hall–Kier alpha value is -2.90. The molecule has 0 saturated carbocycles. The van der Waals surface area contributed by atoms with Crippen molar-refractivity contribution in [2.24, 2.45) is 0 Å². The van der Waals surface area contributed by atoms with E-state index in [1.165, 1.54) is 25.5 Å². The largest absolute Gasteiger partial charge is 0.357 e. The number of benzene rings is 1. The van der Waals surface area contributed by atoms with Crippen molar-refractivity contribution >= 4 is 11.8 Å². The number of carbonyl (C=O) groups is 2. The van der Waals surface area contributed by atoms with E-state index in [9.17, 15) is 18.4 Å². The van der Waals surface area contributed by atoms with Gasteiger partial charge in [0.15, 0.2) is 11.6 Å². The third kappa shape index (κ3) is 3.85. The molecule has 1 aromatic carbocycles. The number of rotatable bonds is 4. The topological polar surface area (TPSA) is 84.0 Å². The second-order valence-electron chi connectivity index (χ2n) is 4.74. The lowest BCUT2D eigenvalue weighted by Gasteiger charge is -2.17. The maximum absolute atomic E-state index is 13.4. The summed E-state index contributed by atoms with van der Waals surface area (Å²) < 4.78 is 26.4. The van der Waals surface area contributed by atoms with Gasteiger partial charge in [-0.2, -0.15) is 0 Å². The molecule has 120 valence electrons. The first-order valence-electron chi connectivity index (χ1n) is 6.68. The molecular weight excluding hydrogens is 306 g/mol. The van der Waals surface area contributed by atoms with Crippen LogP contribution in [0.4, 0.5) is 8.78 Å². The number of aryl methyl sites for hydroxylation is 1. The highest BCUT2D eigenvalue weighted by atomic mass is 19.2. The molecule has 0 aliphatic carbocycles. The lowest BCUT2D eigenvalue weighted by Crippen LogP contribution is -2.39. The molecule has 0 saturated heterocycles. The van der Waals surface area contributed by atoms with Gasteiger partial charge in [-0.15, -0.1) is 0 Å². The van der Waals surface area contributed by atoms with Crippen molar-refractivity contribution in [3.63, 3.8) is 0 Å². The zero-order valence-electron chi connectivity index (χ0n) is 12.4. The Morgan fingerprint density at radius 3 is 2.43 bits per heavy atom. The molecular formula is C15H14F2N4O2. The molecule has 1 unspecified atom stereocenters. The Labute approximate surface area is 131 Å². The van der Waals surface area contributed by atoms with Crippen molar-refractivity contribution in [2.45, 2.75) is 13.0 Å². The number of likely N-dealkylation sites (N-methyl/N-ethyl adjacent to an activating group) is 1. The fourth-order valence-corrected chi connectivity index (χ4v) is 1.85. The standard InChI is InChI=1S/C15H14F2N4O2/c1-8-6-20-12(7-19-8)14(22)21-13(15(23)18-2)9-3-4-10(16)11(17)5-9/h3-7,13H,1-2H3,(H,18,23)(H,21,22). The predicted molar refractivity (Wildman–Crippen MR) is 77.4 cm³/mol. The highest BCUT2D eigenvalue weighted by molar-refractivity contribution is 5.96. The molecule has 1 heterocycles.